The van der Waals surface area contributed by atoms with Crippen LogP contribution in [0, 0.1) is 5.92 Å². The molecule has 0 unspecified atom stereocenters. The molecule has 1 atom stereocenters. The molecule has 9 heteroatoms. The fourth-order valence-corrected chi connectivity index (χ4v) is 3.73. The maximum absolute atomic E-state index is 12.4. The van der Waals surface area contributed by atoms with Crippen LogP contribution in [0.5, 0.6) is 0 Å². The van der Waals surface area contributed by atoms with Gasteiger partial charge in [0.1, 0.15) is 0 Å². The number of carbonyl (C=O) groups excluding carboxylic acids is 3. The Labute approximate surface area is 153 Å². The Bertz CT molecular complexity index is 825. The summed E-state index contributed by atoms with van der Waals surface area (Å²) in [6.45, 7) is 7.21. The molecule has 1 fully saturated rings. The van der Waals surface area contributed by atoms with Crippen LogP contribution in [0.1, 0.15) is 34.1 Å². The Morgan fingerprint density at radius 3 is 2.19 bits per heavy atom. The van der Waals surface area contributed by atoms with Gasteiger partial charge in [-0.05, 0) is 45.0 Å². The quantitative estimate of drug-likeness (QED) is 0.811. The number of hydrogen-bond acceptors (Lipinski definition) is 5. The Morgan fingerprint density at radius 2 is 1.73 bits per heavy atom. The summed E-state index contributed by atoms with van der Waals surface area (Å²) in [6, 6.07) is 5.46. The van der Waals surface area contributed by atoms with Gasteiger partial charge >= 0.3 is 0 Å². The predicted molar refractivity (Wildman–Crippen MR) is 95.6 cm³/mol. The van der Waals surface area contributed by atoms with Gasteiger partial charge in [-0.15, -0.1) is 0 Å². The Hall–Kier alpha value is -2.42. The van der Waals surface area contributed by atoms with Gasteiger partial charge in [0.15, 0.2) is 0 Å². The van der Waals surface area contributed by atoms with Gasteiger partial charge in [-0.25, -0.2) is 13.1 Å². The lowest BCUT2D eigenvalue weighted by molar-refractivity contribution is -0.131. The molecule has 0 aliphatic carbocycles. The fourth-order valence-electron chi connectivity index (χ4n) is 2.74. The van der Waals surface area contributed by atoms with Crippen molar-refractivity contribution < 1.29 is 22.8 Å². The van der Waals surface area contributed by atoms with E-state index in [4.69, 9.17) is 0 Å². The van der Waals surface area contributed by atoms with E-state index in [0.717, 1.165) is 6.92 Å². The monoisotopic (exact) mass is 381 g/mol. The van der Waals surface area contributed by atoms with Gasteiger partial charge in [0.25, 0.3) is 10.0 Å². The highest BCUT2D eigenvalue weighted by Crippen LogP contribution is 2.26. The Morgan fingerprint density at radius 1 is 1.15 bits per heavy atom. The van der Waals surface area contributed by atoms with E-state index in [0.29, 0.717) is 12.2 Å². The number of anilines is 1. The molecule has 0 aromatic heterocycles. The average Bonchev–Trinajstić information content (AvgIpc) is 2.89. The van der Waals surface area contributed by atoms with E-state index in [2.05, 4.69) is 5.32 Å². The number of sulfonamides is 1. The normalized spacial score (nSPS) is 17.9. The van der Waals surface area contributed by atoms with Crippen LogP contribution in [0.15, 0.2) is 29.2 Å². The fraction of sp³-hybridized carbons (Fsp3) is 0.471. The molecule has 1 saturated heterocycles. The summed E-state index contributed by atoms with van der Waals surface area (Å²) in [5.74, 6) is -1.49. The maximum Gasteiger partial charge on any atom is 0.264 e. The number of likely N-dealkylation sites (tertiary alicyclic amines) is 1. The van der Waals surface area contributed by atoms with Gasteiger partial charge < -0.3 is 10.2 Å². The minimum Gasteiger partial charge on any atom is -0.337 e. The summed E-state index contributed by atoms with van der Waals surface area (Å²) in [7, 11) is -3.91. The summed E-state index contributed by atoms with van der Waals surface area (Å²) in [6.07, 6.45) is 0.151. The van der Waals surface area contributed by atoms with E-state index in [1.54, 1.807) is 4.90 Å². The first-order chi connectivity index (χ1) is 11.9. The van der Waals surface area contributed by atoms with E-state index in [-0.39, 0.29) is 28.7 Å². The minimum absolute atomic E-state index is 0.0607. The van der Waals surface area contributed by atoms with Crippen LogP contribution < -0.4 is 10.0 Å². The topological polar surface area (TPSA) is 113 Å². The first kappa shape index (κ1) is 19.9. The van der Waals surface area contributed by atoms with Gasteiger partial charge in [-0.3, -0.25) is 14.4 Å². The SMILES string of the molecule is CC(=O)NS(=O)(=O)c1ccc(NC(=O)[C@H]2CC(=O)N(C(C)(C)C)C2)cc1. The van der Waals surface area contributed by atoms with Crippen LogP contribution in [0.2, 0.25) is 0 Å². The van der Waals surface area contributed by atoms with Crippen LogP contribution in [-0.2, 0) is 24.4 Å². The van der Waals surface area contributed by atoms with Crippen molar-refractivity contribution in [3.63, 3.8) is 0 Å². The summed E-state index contributed by atoms with van der Waals surface area (Å²) in [5.41, 5.74) is 0.0738. The van der Waals surface area contributed by atoms with Crippen molar-refractivity contribution in [1.29, 1.82) is 0 Å². The Balaban J connectivity index is 2.05. The Kier molecular flexibility index (Phi) is 5.41. The maximum atomic E-state index is 12.4. The van der Waals surface area contributed by atoms with Crippen molar-refractivity contribution in [3.05, 3.63) is 24.3 Å². The molecular weight excluding hydrogens is 358 g/mol. The number of amides is 3. The molecule has 1 aliphatic heterocycles. The largest absolute Gasteiger partial charge is 0.337 e. The standard InChI is InChI=1S/C17H23N3O5S/c1-11(21)19-26(24,25)14-7-5-13(6-8-14)18-16(23)12-9-15(22)20(10-12)17(2,3)4/h5-8,12H,9-10H2,1-4H3,(H,18,23)(H,19,21)/t12-/m0/s1. The van der Waals surface area contributed by atoms with Gasteiger partial charge in [-0.1, -0.05) is 0 Å². The molecular formula is C17H23N3O5S. The zero-order valence-corrected chi connectivity index (χ0v) is 16.0. The molecule has 1 heterocycles. The molecule has 8 nitrogen and oxygen atoms in total. The molecule has 0 saturated carbocycles. The number of nitrogens with zero attached hydrogens (tertiary/aromatic N) is 1. The molecule has 142 valence electrons. The van der Waals surface area contributed by atoms with Crippen molar-refractivity contribution in [1.82, 2.24) is 9.62 Å². The molecule has 2 rings (SSSR count). The number of benzene rings is 1. The van der Waals surface area contributed by atoms with Crippen molar-refractivity contribution >= 4 is 33.4 Å². The second-order valence-corrected chi connectivity index (χ2v) is 8.93. The highest BCUT2D eigenvalue weighted by atomic mass is 32.2. The third-order valence-electron chi connectivity index (χ3n) is 4.02. The molecule has 1 aromatic carbocycles. The van der Waals surface area contributed by atoms with Crippen molar-refractivity contribution in [2.75, 3.05) is 11.9 Å². The number of nitrogens with one attached hydrogen (secondary N) is 2. The van der Waals surface area contributed by atoms with Gasteiger partial charge in [0.2, 0.25) is 17.7 Å². The molecule has 3 amide bonds. The number of hydrogen-bond donors (Lipinski definition) is 2. The smallest absolute Gasteiger partial charge is 0.264 e. The molecule has 1 aromatic rings. The van der Waals surface area contributed by atoms with Crippen molar-refractivity contribution in [2.45, 2.75) is 44.6 Å². The van der Waals surface area contributed by atoms with E-state index >= 15 is 0 Å². The van der Waals surface area contributed by atoms with Crippen LogP contribution >= 0.6 is 0 Å². The second-order valence-electron chi connectivity index (χ2n) is 7.25. The second kappa shape index (κ2) is 7.06. The van der Waals surface area contributed by atoms with Gasteiger partial charge in [-0.2, -0.15) is 0 Å². The van der Waals surface area contributed by atoms with Crippen molar-refractivity contribution in [3.8, 4) is 0 Å². The number of rotatable bonds is 4. The zero-order valence-electron chi connectivity index (χ0n) is 15.2. The highest BCUT2D eigenvalue weighted by molar-refractivity contribution is 7.90. The van der Waals surface area contributed by atoms with Crippen LogP contribution in [-0.4, -0.2) is 43.1 Å². The average molecular weight is 381 g/mol. The first-order valence-corrected chi connectivity index (χ1v) is 9.63. The molecule has 0 bridgehead atoms. The third kappa shape index (κ3) is 4.60. The van der Waals surface area contributed by atoms with E-state index in [1.165, 1.54) is 24.3 Å². The summed E-state index contributed by atoms with van der Waals surface area (Å²) in [5, 5.41) is 2.70. The lowest BCUT2D eigenvalue weighted by Gasteiger charge is -2.31. The summed E-state index contributed by atoms with van der Waals surface area (Å²) >= 11 is 0. The zero-order chi connectivity index (χ0) is 19.7. The molecule has 0 radical (unpaired) electrons. The van der Waals surface area contributed by atoms with Crippen LogP contribution in [0.4, 0.5) is 5.69 Å². The van der Waals surface area contributed by atoms with E-state index in [9.17, 15) is 22.8 Å². The number of carbonyl (C=O) groups is 3. The predicted octanol–water partition coefficient (Wildman–Crippen LogP) is 1.10. The molecule has 26 heavy (non-hydrogen) atoms. The molecule has 2 N–H and O–H groups in total. The third-order valence-corrected chi connectivity index (χ3v) is 5.46. The minimum atomic E-state index is -3.91. The lowest BCUT2D eigenvalue weighted by Crippen LogP contribution is -2.42. The molecule has 1 aliphatic rings. The van der Waals surface area contributed by atoms with Crippen LogP contribution in [0.25, 0.3) is 0 Å². The molecule has 0 spiro atoms. The van der Waals surface area contributed by atoms with E-state index in [1.807, 2.05) is 25.5 Å². The van der Waals surface area contributed by atoms with Gasteiger partial charge in [0.05, 0.1) is 10.8 Å². The summed E-state index contributed by atoms with van der Waals surface area (Å²) < 4.78 is 25.6. The van der Waals surface area contributed by atoms with Crippen molar-refractivity contribution in [2.24, 2.45) is 5.92 Å². The summed E-state index contributed by atoms with van der Waals surface area (Å²) in [4.78, 5) is 37.0. The van der Waals surface area contributed by atoms with Gasteiger partial charge in [0, 0.05) is 31.1 Å². The van der Waals surface area contributed by atoms with Crippen LogP contribution in [0.3, 0.4) is 0 Å². The highest BCUT2D eigenvalue weighted by Gasteiger charge is 2.39. The lowest BCUT2D eigenvalue weighted by atomic mass is 10.1. The van der Waals surface area contributed by atoms with E-state index < -0.39 is 21.8 Å². The first-order valence-electron chi connectivity index (χ1n) is 8.15.